The monoisotopic (exact) mass is 518 g/mol. The first-order chi connectivity index (χ1) is 16.2. The van der Waals surface area contributed by atoms with Gasteiger partial charge in [-0.25, -0.2) is 0 Å². The van der Waals surface area contributed by atoms with E-state index in [0.29, 0.717) is 7.25 Å². The molecule has 0 fully saturated rings. The Kier molecular flexibility index (Phi) is 4.16. The zero-order chi connectivity index (χ0) is 23.6. The van der Waals surface area contributed by atoms with Crippen molar-refractivity contribution in [2.75, 3.05) is 0 Å². The van der Waals surface area contributed by atoms with Crippen molar-refractivity contribution in [1.29, 1.82) is 0 Å². The Balaban J connectivity index is 1.65. The van der Waals surface area contributed by atoms with Crippen molar-refractivity contribution < 1.29 is 20.3 Å². The Morgan fingerprint density at radius 1 is 0.588 bits per heavy atom. The Morgan fingerprint density at radius 3 is 1.44 bits per heavy atom. The van der Waals surface area contributed by atoms with Crippen LogP contribution in [0.25, 0.3) is 32.7 Å². The molecule has 0 saturated heterocycles. The summed E-state index contributed by atoms with van der Waals surface area (Å²) in [5.41, 5.74) is 12.9. The molecule has 2 unspecified atom stereocenters. The molecule has 4 aromatic carbocycles. The molecule has 7 rings (SSSR count). The standard InChI is InChI=1S/C31H26.2CH3.Zr/c1-19-17-23-15-13-21-9-5-7-11-25(21)27(23)29(19)31(3,4)30-20(2)18-24-16-14-22-10-6-8-12-26(22)28(24)30;;;/h5-18H,1-4H3;2*1H3;. The first-order valence-electron chi connectivity index (χ1n) is 12.7. The molecule has 4 bridgehead atoms. The summed E-state index contributed by atoms with van der Waals surface area (Å²) in [6.07, 6.45) is 0. The van der Waals surface area contributed by atoms with E-state index >= 15 is 0 Å². The molecule has 0 nitrogen and oxygen atoms in total. The molecule has 168 valence electrons. The van der Waals surface area contributed by atoms with E-state index in [9.17, 15) is 0 Å². The molecule has 1 heteroatoms. The molecule has 0 amide bonds. The van der Waals surface area contributed by atoms with Crippen molar-refractivity contribution in [2.24, 2.45) is 5.41 Å². The normalized spacial score (nSPS) is 23.8. The number of rotatable bonds is 0. The second-order valence-electron chi connectivity index (χ2n) is 11.9. The van der Waals surface area contributed by atoms with Crippen molar-refractivity contribution in [3.05, 3.63) is 106 Å². The van der Waals surface area contributed by atoms with Crippen LogP contribution in [0.4, 0.5) is 0 Å². The van der Waals surface area contributed by atoms with Crippen LogP contribution < -0.4 is 0 Å². The second kappa shape index (κ2) is 6.70. The number of fused-ring (bicyclic) bond motifs is 12. The van der Waals surface area contributed by atoms with Gasteiger partial charge >= 0.3 is 209 Å². The molecule has 0 radical (unpaired) electrons. The van der Waals surface area contributed by atoms with Gasteiger partial charge in [-0.05, 0) is 0 Å². The number of benzene rings is 4. The van der Waals surface area contributed by atoms with E-state index in [2.05, 4.69) is 110 Å². The summed E-state index contributed by atoms with van der Waals surface area (Å²) < 4.78 is 6.72. The minimum absolute atomic E-state index is 0.0439. The van der Waals surface area contributed by atoms with Gasteiger partial charge in [-0.2, -0.15) is 0 Å². The fourth-order valence-electron chi connectivity index (χ4n) is 8.59. The van der Waals surface area contributed by atoms with Crippen LogP contribution in [-0.4, -0.2) is 0 Å². The summed E-state index contributed by atoms with van der Waals surface area (Å²) in [4.78, 5) is 0. The molecule has 2 aliphatic carbocycles. The van der Waals surface area contributed by atoms with Crippen LogP contribution in [0, 0.1) is 5.41 Å². The number of allylic oxidation sites excluding steroid dienone is 4. The Bertz CT molecular complexity index is 1510. The van der Waals surface area contributed by atoms with Crippen molar-refractivity contribution in [3.8, 4) is 0 Å². The fraction of sp³-hybridized carbons (Fsp3) is 0.273. The predicted molar refractivity (Wildman–Crippen MR) is 144 cm³/mol. The van der Waals surface area contributed by atoms with Gasteiger partial charge in [0.05, 0.1) is 0 Å². The zero-order valence-corrected chi connectivity index (χ0v) is 23.5. The Morgan fingerprint density at radius 2 is 1.00 bits per heavy atom. The predicted octanol–water partition coefficient (Wildman–Crippen LogP) is 9.64. The Hall–Kier alpha value is -2.24. The molecule has 2 atom stereocenters. The van der Waals surface area contributed by atoms with Crippen molar-refractivity contribution >= 4 is 32.7 Å². The third kappa shape index (κ3) is 2.38. The average Bonchev–Trinajstić information content (AvgIpc) is 3.31. The molecule has 0 N–H and O–H groups in total. The molecule has 0 aromatic heterocycles. The van der Waals surface area contributed by atoms with Gasteiger partial charge in [-0.3, -0.25) is 0 Å². The van der Waals surface area contributed by atoms with E-state index in [0.717, 1.165) is 0 Å². The first-order valence-corrected chi connectivity index (χ1v) is 20.5. The molecule has 4 aromatic rings. The van der Waals surface area contributed by atoms with Gasteiger partial charge in [0.2, 0.25) is 0 Å². The molecule has 0 saturated carbocycles. The first kappa shape index (κ1) is 21.1. The van der Waals surface area contributed by atoms with E-state index < -0.39 is 20.3 Å². The zero-order valence-electron chi connectivity index (χ0n) is 21.1. The molecule has 1 aliphatic heterocycles. The van der Waals surface area contributed by atoms with Crippen LogP contribution in [-0.2, 0) is 20.3 Å². The average molecular weight is 520 g/mol. The molecular weight excluding hydrogens is 488 g/mol. The van der Waals surface area contributed by atoms with Crippen LogP contribution in [0.2, 0.25) is 9.26 Å². The molecular formula is C33H32Zr. The topological polar surface area (TPSA) is 0 Å². The van der Waals surface area contributed by atoms with E-state index in [-0.39, 0.29) is 5.41 Å². The van der Waals surface area contributed by atoms with Crippen LogP contribution >= 0.6 is 0 Å². The van der Waals surface area contributed by atoms with Crippen LogP contribution in [0.3, 0.4) is 0 Å². The molecule has 34 heavy (non-hydrogen) atoms. The van der Waals surface area contributed by atoms with Crippen LogP contribution in [0.15, 0.2) is 83.9 Å². The summed E-state index contributed by atoms with van der Waals surface area (Å²) in [5, 5.41) is 5.64. The SMILES string of the molecule is CC1=C2c3c(ccc4ccccc34)[CH]1[Zr]([CH3])([CH3])[CH]1C(C)=C(c3c1ccc1ccccc31)C2(C)C. The number of hydrogen-bond donors (Lipinski definition) is 0. The third-order valence-electron chi connectivity index (χ3n) is 9.44. The van der Waals surface area contributed by atoms with Gasteiger partial charge in [0, 0.05) is 0 Å². The maximum atomic E-state index is 2.74. The van der Waals surface area contributed by atoms with E-state index in [1.54, 1.807) is 44.5 Å². The van der Waals surface area contributed by atoms with Crippen molar-refractivity contribution in [1.82, 2.24) is 0 Å². The van der Waals surface area contributed by atoms with E-state index in [1.807, 2.05) is 0 Å². The van der Waals surface area contributed by atoms with Crippen LogP contribution in [0.5, 0.6) is 0 Å². The van der Waals surface area contributed by atoms with Gasteiger partial charge in [0.25, 0.3) is 0 Å². The van der Waals surface area contributed by atoms with Gasteiger partial charge in [-0.15, -0.1) is 0 Å². The van der Waals surface area contributed by atoms with Crippen molar-refractivity contribution in [3.63, 3.8) is 0 Å². The maximum absolute atomic E-state index is 2.80. The Labute approximate surface area is 207 Å². The summed E-state index contributed by atoms with van der Waals surface area (Å²) in [5.74, 6) is 0. The van der Waals surface area contributed by atoms with Gasteiger partial charge < -0.3 is 0 Å². The quantitative estimate of drug-likeness (QED) is 0.217. The van der Waals surface area contributed by atoms with E-state index in [4.69, 9.17) is 0 Å². The van der Waals surface area contributed by atoms with E-state index in [1.165, 1.54) is 21.5 Å². The number of hydrogen-bond acceptors (Lipinski definition) is 0. The second-order valence-corrected chi connectivity index (χ2v) is 23.7. The molecule has 0 spiro atoms. The van der Waals surface area contributed by atoms with Crippen LogP contribution in [0.1, 0.15) is 57.2 Å². The summed E-state index contributed by atoms with van der Waals surface area (Å²) >= 11 is -2.80. The van der Waals surface area contributed by atoms with Crippen molar-refractivity contribution in [2.45, 2.75) is 44.2 Å². The minimum atomic E-state index is -2.80. The van der Waals surface area contributed by atoms with Gasteiger partial charge in [-0.1, -0.05) is 0 Å². The van der Waals surface area contributed by atoms with Gasteiger partial charge in [0.15, 0.2) is 0 Å². The fourth-order valence-corrected chi connectivity index (χ4v) is 20.7. The molecule has 3 aliphatic rings. The molecule has 1 heterocycles. The summed E-state index contributed by atoms with van der Waals surface area (Å²) in [6.45, 7) is 10.00. The third-order valence-corrected chi connectivity index (χ3v) is 20.4. The summed E-state index contributed by atoms with van der Waals surface area (Å²) in [6, 6.07) is 27.9. The summed E-state index contributed by atoms with van der Waals surface area (Å²) in [7, 11) is 0. The van der Waals surface area contributed by atoms with Gasteiger partial charge in [0.1, 0.15) is 0 Å².